The second-order valence-electron chi connectivity index (χ2n) is 4.50. The first-order chi connectivity index (χ1) is 10.1. The van der Waals surface area contributed by atoms with Crippen LogP contribution in [0.25, 0.3) is 0 Å². The first-order valence-corrected chi connectivity index (χ1v) is 6.42. The van der Waals surface area contributed by atoms with Crippen molar-refractivity contribution in [1.29, 1.82) is 0 Å². The highest BCUT2D eigenvalue weighted by molar-refractivity contribution is 5.79. The number of halogens is 2. The molecule has 1 amide bonds. The summed E-state index contributed by atoms with van der Waals surface area (Å²) in [5.41, 5.74) is 0.988. The Morgan fingerprint density at radius 3 is 2.62 bits per heavy atom. The summed E-state index contributed by atoms with van der Waals surface area (Å²) >= 11 is 0. The number of rotatable bonds is 5. The SMILES string of the molecule is COc1ccccc1CC(=O)NCc1ccc(F)cc1F. The maximum Gasteiger partial charge on any atom is 0.224 e. The summed E-state index contributed by atoms with van der Waals surface area (Å²) in [6, 6.07) is 10.4. The van der Waals surface area contributed by atoms with Crippen molar-refractivity contribution in [1.82, 2.24) is 5.32 Å². The van der Waals surface area contributed by atoms with Gasteiger partial charge in [0.15, 0.2) is 0 Å². The van der Waals surface area contributed by atoms with E-state index >= 15 is 0 Å². The molecule has 3 nitrogen and oxygen atoms in total. The lowest BCUT2D eigenvalue weighted by Crippen LogP contribution is -2.25. The van der Waals surface area contributed by atoms with Crippen LogP contribution in [0.3, 0.4) is 0 Å². The van der Waals surface area contributed by atoms with Gasteiger partial charge in [0.25, 0.3) is 0 Å². The lowest BCUT2D eigenvalue weighted by atomic mass is 10.1. The van der Waals surface area contributed by atoms with Crippen molar-refractivity contribution in [3.05, 3.63) is 65.2 Å². The quantitative estimate of drug-likeness (QED) is 0.920. The highest BCUT2D eigenvalue weighted by atomic mass is 19.1. The van der Waals surface area contributed by atoms with Gasteiger partial charge in [-0.2, -0.15) is 0 Å². The van der Waals surface area contributed by atoms with Crippen LogP contribution in [0.5, 0.6) is 5.75 Å². The molecule has 0 aromatic heterocycles. The second-order valence-corrected chi connectivity index (χ2v) is 4.50. The van der Waals surface area contributed by atoms with Crippen molar-refractivity contribution in [2.45, 2.75) is 13.0 Å². The summed E-state index contributed by atoms with van der Waals surface area (Å²) in [7, 11) is 1.53. The van der Waals surface area contributed by atoms with Gasteiger partial charge in [-0.25, -0.2) is 8.78 Å². The summed E-state index contributed by atoms with van der Waals surface area (Å²) < 4.78 is 31.4. The van der Waals surface area contributed by atoms with E-state index in [0.717, 1.165) is 17.7 Å². The lowest BCUT2D eigenvalue weighted by molar-refractivity contribution is -0.120. The Morgan fingerprint density at radius 1 is 1.14 bits per heavy atom. The Bertz CT molecular complexity index is 644. The van der Waals surface area contributed by atoms with Gasteiger partial charge in [-0.1, -0.05) is 24.3 Å². The Balaban J connectivity index is 1.96. The Labute approximate surface area is 121 Å². The van der Waals surface area contributed by atoms with E-state index in [1.807, 2.05) is 12.1 Å². The molecule has 21 heavy (non-hydrogen) atoms. The van der Waals surface area contributed by atoms with Crippen LogP contribution in [0.2, 0.25) is 0 Å². The standard InChI is InChI=1S/C16H15F2NO2/c1-21-15-5-3-2-4-11(15)8-16(20)19-10-12-6-7-13(17)9-14(12)18/h2-7,9H,8,10H2,1H3,(H,19,20). The van der Waals surface area contributed by atoms with Crippen LogP contribution in [0.15, 0.2) is 42.5 Å². The van der Waals surface area contributed by atoms with Crippen molar-refractivity contribution in [3.63, 3.8) is 0 Å². The smallest absolute Gasteiger partial charge is 0.224 e. The molecule has 2 aromatic rings. The number of hydrogen-bond donors (Lipinski definition) is 1. The number of benzene rings is 2. The summed E-state index contributed by atoms with van der Waals surface area (Å²) in [4.78, 5) is 11.9. The highest BCUT2D eigenvalue weighted by Gasteiger charge is 2.09. The minimum absolute atomic E-state index is 0.0140. The Morgan fingerprint density at radius 2 is 1.90 bits per heavy atom. The van der Waals surface area contributed by atoms with Crippen LogP contribution in [0.1, 0.15) is 11.1 Å². The van der Waals surface area contributed by atoms with Gasteiger partial charge in [-0.3, -0.25) is 4.79 Å². The minimum atomic E-state index is -0.674. The van der Waals surface area contributed by atoms with Gasteiger partial charge >= 0.3 is 0 Å². The van der Waals surface area contributed by atoms with Crippen molar-refractivity contribution >= 4 is 5.91 Å². The van der Waals surface area contributed by atoms with Gasteiger partial charge in [-0.15, -0.1) is 0 Å². The predicted molar refractivity (Wildman–Crippen MR) is 74.9 cm³/mol. The second kappa shape index (κ2) is 6.83. The predicted octanol–water partition coefficient (Wildman–Crippen LogP) is 2.83. The average Bonchev–Trinajstić information content (AvgIpc) is 2.47. The van der Waals surface area contributed by atoms with E-state index in [1.54, 1.807) is 12.1 Å². The molecule has 0 saturated heterocycles. The number of carbonyl (C=O) groups excluding carboxylic acids is 1. The van der Waals surface area contributed by atoms with Gasteiger partial charge < -0.3 is 10.1 Å². The lowest BCUT2D eigenvalue weighted by Gasteiger charge is -2.09. The van der Waals surface area contributed by atoms with Gasteiger partial charge in [0.05, 0.1) is 13.5 Å². The zero-order chi connectivity index (χ0) is 15.2. The largest absolute Gasteiger partial charge is 0.496 e. The number of carbonyl (C=O) groups is 1. The number of hydrogen-bond acceptors (Lipinski definition) is 2. The molecule has 0 atom stereocenters. The van der Waals surface area contributed by atoms with Crippen LogP contribution in [0, 0.1) is 11.6 Å². The van der Waals surface area contributed by atoms with Crippen LogP contribution < -0.4 is 10.1 Å². The summed E-state index contributed by atoms with van der Waals surface area (Å²) in [6.07, 6.45) is 0.132. The van der Waals surface area contributed by atoms with Gasteiger partial charge in [0.1, 0.15) is 17.4 Å². The molecule has 0 unspecified atom stereocenters. The molecule has 0 radical (unpaired) electrons. The fraction of sp³-hybridized carbons (Fsp3) is 0.188. The third kappa shape index (κ3) is 4.02. The molecule has 1 N–H and O–H groups in total. The molecule has 0 aliphatic heterocycles. The zero-order valence-corrected chi connectivity index (χ0v) is 11.5. The molecule has 2 aromatic carbocycles. The van der Waals surface area contributed by atoms with Gasteiger partial charge in [0, 0.05) is 23.7 Å². The molecule has 5 heteroatoms. The molecule has 2 rings (SSSR count). The molecular weight excluding hydrogens is 276 g/mol. The van der Waals surface area contributed by atoms with E-state index < -0.39 is 11.6 Å². The molecule has 0 saturated carbocycles. The van der Waals surface area contributed by atoms with Crippen molar-refractivity contribution in [2.24, 2.45) is 0 Å². The van der Waals surface area contributed by atoms with Crippen molar-refractivity contribution in [3.8, 4) is 5.75 Å². The summed E-state index contributed by atoms with van der Waals surface area (Å²) in [5.74, 6) is -0.951. The van der Waals surface area contributed by atoms with Crippen molar-refractivity contribution in [2.75, 3.05) is 7.11 Å². The van der Waals surface area contributed by atoms with E-state index in [4.69, 9.17) is 4.74 Å². The van der Waals surface area contributed by atoms with E-state index in [1.165, 1.54) is 13.2 Å². The first kappa shape index (κ1) is 15.0. The monoisotopic (exact) mass is 291 g/mol. The molecular formula is C16H15F2NO2. The molecule has 0 fully saturated rings. The fourth-order valence-electron chi connectivity index (χ4n) is 1.94. The molecule has 110 valence electrons. The third-order valence-corrected chi connectivity index (χ3v) is 3.03. The number of para-hydroxylation sites is 1. The molecule has 0 aliphatic carbocycles. The Hall–Kier alpha value is -2.43. The third-order valence-electron chi connectivity index (χ3n) is 3.03. The zero-order valence-electron chi connectivity index (χ0n) is 11.5. The van der Waals surface area contributed by atoms with E-state index in [0.29, 0.717) is 5.75 Å². The fourth-order valence-corrected chi connectivity index (χ4v) is 1.94. The Kier molecular flexibility index (Phi) is 4.87. The topological polar surface area (TPSA) is 38.3 Å². The highest BCUT2D eigenvalue weighted by Crippen LogP contribution is 2.17. The number of methoxy groups -OCH3 is 1. The molecule has 0 spiro atoms. The number of ether oxygens (including phenoxy) is 1. The summed E-state index contributed by atoms with van der Waals surface area (Å²) in [6.45, 7) is 0.0140. The van der Waals surface area contributed by atoms with Crippen LogP contribution in [-0.4, -0.2) is 13.0 Å². The summed E-state index contributed by atoms with van der Waals surface area (Å²) in [5, 5.41) is 2.60. The number of nitrogens with one attached hydrogen (secondary N) is 1. The van der Waals surface area contributed by atoms with Crippen LogP contribution in [-0.2, 0) is 17.8 Å². The van der Waals surface area contributed by atoms with Gasteiger partial charge in [0.2, 0.25) is 5.91 Å². The minimum Gasteiger partial charge on any atom is -0.496 e. The molecule has 0 heterocycles. The van der Waals surface area contributed by atoms with E-state index in [9.17, 15) is 13.6 Å². The normalized spacial score (nSPS) is 10.2. The maximum atomic E-state index is 13.4. The van der Waals surface area contributed by atoms with E-state index in [2.05, 4.69) is 5.32 Å². The van der Waals surface area contributed by atoms with Crippen LogP contribution >= 0.6 is 0 Å². The molecule has 0 aliphatic rings. The van der Waals surface area contributed by atoms with Crippen LogP contribution in [0.4, 0.5) is 8.78 Å². The maximum absolute atomic E-state index is 13.4. The first-order valence-electron chi connectivity index (χ1n) is 6.42. The van der Waals surface area contributed by atoms with Crippen molar-refractivity contribution < 1.29 is 18.3 Å². The van der Waals surface area contributed by atoms with E-state index in [-0.39, 0.29) is 24.4 Å². The average molecular weight is 291 g/mol. The van der Waals surface area contributed by atoms with Gasteiger partial charge in [-0.05, 0) is 12.1 Å². The number of amides is 1. The molecule has 0 bridgehead atoms.